The fourth-order valence-electron chi connectivity index (χ4n) is 1.49. The van der Waals surface area contributed by atoms with Crippen LogP contribution in [-0.2, 0) is 9.53 Å². The molecule has 1 unspecified atom stereocenters. The van der Waals surface area contributed by atoms with Gasteiger partial charge in [0.15, 0.2) is 5.60 Å². The highest BCUT2D eigenvalue weighted by Gasteiger charge is 2.36. The summed E-state index contributed by atoms with van der Waals surface area (Å²) in [6, 6.07) is 0. The fourth-order valence-corrected chi connectivity index (χ4v) is 1.49. The standard InChI is InChI=1S/C11H22O3/c1-4-7-9-14-11(6-3,8-5-2)10(12)13/h4-9H2,1-3H3,(H,12,13). The Kier molecular flexibility index (Phi) is 6.54. The Labute approximate surface area is 86.5 Å². The Bertz CT molecular complexity index is 168. The lowest BCUT2D eigenvalue weighted by molar-refractivity contribution is -0.168. The molecule has 0 aromatic carbocycles. The van der Waals surface area contributed by atoms with Crippen LogP contribution in [0.3, 0.4) is 0 Å². The molecular weight excluding hydrogens is 180 g/mol. The lowest BCUT2D eigenvalue weighted by atomic mass is 9.95. The summed E-state index contributed by atoms with van der Waals surface area (Å²) in [4.78, 5) is 11.1. The predicted molar refractivity (Wildman–Crippen MR) is 56.4 cm³/mol. The summed E-state index contributed by atoms with van der Waals surface area (Å²) >= 11 is 0. The van der Waals surface area contributed by atoms with Crippen molar-refractivity contribution >= 4 is 5.97 Å². The second-order valence-electron chi connectivity index (χ2n) is 3.61. The van der Waals surface area contributed by atoms with E-state index in [1.54, 1.807) is 0 Å². The summed E-state index contributed by atoms with van der Waals surface area (Å²) in [5.74, 6) is -0.821. The molecule has 0 heterocycles. The molecule has 1 atom stereocenters. The summed E-state index contributed by atoms with van der Waals surface area (Å²) in [6.45, 7) is 6.47. The molecule has 1 N–H and O–H groups in total. The predicted octanol–water partition coefficient (Wildman–Crippen LogP) is 2.84. The average molecular weight is 202 g/mol. The summed E-state index contributed by atoms with van der Waals surface area (Å²) in [6.07, 6.45) is 3.94. The van der Waals surface area contributed by atoms with Gasteiger partial charge in [0.2, 0.25) is 0 Å². The van der Waals surface area contributed by atoms with Gasteiger partial charge in [-0.05, 0) is 19.3 Å². The first kappa shape index (κ1) is 13.4. The summed E-state index contributed by atoms with van der Waals surface area (Å²) < 4.78 is 5.52. The highest BCUT2D eigenvalue weighted by molar-refractivity contribution is 5.77. The van der Waals surface area contributed by atoms with E-state index in [4.69, 9.17) is 9.84 Å². The molecule has 3 heteroatoms. The minimum atomic E-state index is -0.941. The van der Waals surface area contributed by atoms with E-state index in [1.807, 2.05) is 13.8 Å². The largest absolute Gasteiger partial charge is 0.479 e. The third kappa shape index (κ3) is 3.66. The number of carbonyl (C=O) groups is 1. The molecule has 84 valence electrons. The summed E-state index contributed by atoms with van der Waals surface area (Å²) in [7, 11) is 0. The smallest absolute Gasteiger partial charge is 0.335 e. The summed E-state index contributed by atoms with van der Waals surface area (Å²) in [5.41, 5.74) is -0.941. The number of ether oxygens (including phenoxy) is 1. The second kappa shape index (κ2) is 6.82. The van der Waals surface area contributed by atoms with Crippen molar-refractivity contribution in [2.24, 2.45) is 0 Å². The van der Waals surface area contributed by atoms with Crippen molar-refractivity contribution in [3.8, 4) is 0 Å². The molecule has 0 rings (SSSR count). The van der Waals surface area contributed by atoms with Crippen LogP contribution in [0.25, 0.3) is 0 Å². The molecule has 0 fully saturated rings. The van der Waals surface area contributed by atoms with Crippen LogP contribution in [0.5, 0.6) is 0 Å². The summed E-state index contributed by atoms with van der Waals surface area (Å²) in [5, 5.41) is 9.13. The zero-order valence-corrected chi connectivity index (χ0v) is 9.51. The Morgan fingerprint density at radius 2 is 1.93 bits per heavy atom. The molecular formula is C11H22O3. The van der Waals surface area contributed by atoms with Crippen molar-refractivity contribution in [3.63, 3.8) is 0 Å². The first-order valence-corrected chi connectivity index (χ1v) is 5.50. The Morgan fingerprint density at radius 3 is 2.29 bits per heavy atom. The number of hydrogen-bond donors (Lipinski definition) is 1. The van der Waals surface area contributed by atoms with Crippen LogP contribution in [0.4, 0.5) is 0 Å². The number of hydrogen-bond acceptors (Lipinski definition) is 2. The molecule has 0 aromatic heterocycles. The van der Waals surface area contributed by atoms with Crippen molar-refractivity contribution < 1.29 is 14.6 Å². The van der Waals surface area contributed by atoms with Gasteiger partial charge in [-0.25, -0.2) is 4.79 Å². The van der Waals surface area contributed by atoms with E-state index in [-0.39, 0.29) is 0 Å². The molecule has 0 aliphatic carbocycles. The molecule has 0 amide bonds. The first-order chi connectivity index (χ1) is 6.63. The number of carboxylic acids is 1. The molecule has 0 aliphatic heterocycles. The molecule has 0 aromatic rings. The Balaban J connectivity index is 4.26. The van der Waals surface area contributed by atoms with Gasteiger partial charge in [-0.3, -0.25) is 0 Å². The number of unbranched alkanes of at least 4 members (excludes halogenated alkanes) is 1. The van der Waals surface area contributed by atoms with E-state index >= 15 is 0 Å². The average Bonchev–Trinajstić information content (AvgIpc) is 2.16. The molecule has 0 bridgehead atoms. The minimum absolute atomic E-state index is 0.542. The van der Waals surface area contributed by atoms with Crippen LogP contribution in [0, 0.1) is 0 Å². The zero-order valence-electron chi connectivity index (χ0n) is 9.51. The van der Waals surface area contributed by atoms with Crippen LogP contribution in [0.2, 0.25) is 0 Å². The van der Waals surface area contributed by atoms with Crippen molar-refractivity contribution in [3.05, 3.63) is 0 Å². The molecule has 0 radical (unpaired) electrons. The van der Waals surface area contributed by atoms with Gasteiger partial charge in [-0.15, -0.1) is 0 Å². The van der Waals surface area contributed by atoms with Gasteiger partial charge in [-0.2, -0.15) is 0 Å². The van der Waals surface area contributed by atoms with Gasteiger partial charge < -0.3 is 9.84 Å². The monoisotopic (exact) mass is 202 g/mol. The van der Waals surface area contributed by atoms with Crippen molar-refractivity contribution in [2.45, 2.75) is 58.5 Å². The van der Waals surface area contributed by atoms with Crippen molar-refractivity contribution in [1.29, 1.82) is 0 Å². The molecule has 0 aliphatic rings. The van der Waals surface area contributed by atoms with E-state index in [0.29, 0.717) is 19.4 Å². The number of carboxylic acid groups (broad SMARTS) is 1. The maximum atomic E-state index is 11.1. The molecule has 3 nitrogen and oxygen atoms in total. The maximum absolute atomic E-state index is 11.1. The molecule has 0 spiro atoms. The van der Waals surface area contributed by atoms with Crippen LogP contribution in [0.15, 0.2) is 0 Å². The van der Waals surface area contributed by atoms with E-state index in [1.165, 1.54) is 0 Å². The van der Waals surface area contributed by atoms with Gasteiger partial charge in [-0.1, -0.05) is 33.6 Å². The number of rotatable bonds is 8. The second-order valence-corrected chi connectivity index (χ2v) is 3.61. The SMILES string of the molecule is CCCCOC(CC)(CCC)C(=O)O. The third-order valence-electron chi connectivity index (χ3n) is 2.49. The molecule has 0 saturated carbocycles. The molecule has 14 heavy (non-hydrogen) atoms. The van der Waals surface area contributed by atoms with Crippen LogP contribution >= 0.6 is 0 Å². The van der Waals surface area contributed by atoms with E-state index in [2.05, 4.69) is 6.92 Å². The van der Waals surface area contributed by atoms with Crippen LogP contribution in [0.1, 0.15) is 52.9 Å². The fraction of sp³-hybridized carbons (Fsp3) is 0.909. The van der Waals surface area contributed by atoms with Gasteiger partial charge in [0, 0.05) is 6.61 Å². The van der Waals surface area contributed by atoms with Gasteiger partial charge in [0.05, 0.1) is 0 Å². The van der Waals surface area contributed by atoms with E-state index in [0.717, 1.165) is 19.3 Å². The number of aliphatic carboxylic acids is 1. The van der Waals surface area contributed by atoms with Gasteiger partial charge in [0.25, 0.3) is 0 Å². The normalized spacial score (nSPS) is 15.1. The first-order valence-electron chi connectivity index (χ1n) is 5.50. The highest BCUT2D eigenvalue weighted by Crippen LogP contribution is 2.23. The van der Waals surface area contributed by atoms with Gasteiger partial charge in [0.1, 0.15) is 0 Å². The van der Waals surface area contributed by atoms with E-state index < -0.39 is 11.6 Å². The topological polar surface area (TPSA) is 46.5 Å². The van der Waals surface area contributed by atoms with Crippen LogP contribution < -0.4 is 0 Å². The Hall–Kier alpha value is -0.570. The van der Waals surface area contributed by atoms with E-state index in [9.17, 15) is 4.79 Å². The maximum Gasteiger partial charge on any atom is 0.335 e. The Morgan fingerprint density at radius 1 is 1.29 bits per heavy atom. The third-order valence-corrected chi connectivity index (χ3v) is 2.49. The molecule has 0 saturated heterocycles. The van der Waals surface area contributed by atoms with Crippen molar-refractivity contribution in [1.82, 2.24) is 0 Å². The van der Waals surface area contributed by atoms with Crippen LogP contribution in [-0.4, -0.2) is 23.3 Å². The zero-order chi connectivity index (χ0) is 11.0. The van der Waals surface area contributed by atoms with Crippen molar-refractivity contribution in [2.75, 3.05) is 6.61 Å². The van der Waals surface area contributed by atoms with Gasteiger partial charge >= 0.3 is 5.97 Å². The minimum Gasteiger partial charge on any atom is -0.479 e. The quantitative estimate of drug-likeness (QED) is 0.616. The lowest BCUT2D eigenvalue weighted by Gasteiger charge is -2.28. The highest BCUT2D eigenvalue weighted by atomic mass is 16.5. The lowest BCUT2D eigenvalue weighted by Crippen LogP contribution is -2.41.